The molecule has 2 heterocycles. The van der Waals surface area contributed by atoms with Crippen LogP contribution >= 0.6 is 11.6 Å². The normalized spacial score (nSPS) is 36.9. The Balaban J connectivity index is 1.64. The van der Waals surface area contributed by atoms with E-state index in [1.165, 1.54) is 12.3 Å². The summed E-state index contributed by atoms with van der Waals surface area (Å²) >= 11 is 6.06. The van der Waals surface area contributed by atoms with Gasteiger partial charge in [0.15, 0.2) is 0 Å². The Hall–Kier alpha value is -2.18. The average molecular weight is 435 g/mol. The average Bonchev–Trinajstić information content (AvgIpc) is 3.15. The van der Waals surface area contributed by atoms with E-state index in [4.69, 9.17) is 33.7 Å². The van der Waals surface area contributed by atoms with Gasteiger partial charge in [-0.25, -0.2) is 9.98 Å². The van der Waals surface area contributed by atoms with Crippen LogP contribution in [0.5, 0.6) is 0 Å². The van der Waals surface area contributed by atoms with Crippen molar-refractivity contribution in [2.24, 2.45) is 22.1 Å². The van der Waals surface area contributed by atoms with Crippen LogP contribution in [0.3, 0.4) is 0 Å². The van der Waals surface area contributed by atoms with E-state index in [-0.39, 0.29) is 22.5 Å². The zero-order valence-corrected chi connectivity index (χ0v) is 17.2. The largest absolute Gasteiger partial charge is 0.462 e. The first-order chi connectivity index (χ1) is 16.3. The molecule has 2 aromatic rings. The molecule has 1 aromatic heterocycles. The van der Waals surface area contributed by atoms with E-state index in [2.05, 4.69) is 9.98 Å². The smallest absolute Gasteiger partial charge is 0.283 e. The van der Waals surface area contributed by atoms with Gasteiger partial charge in [0.2, 0.25) is 5.95 Å². The van der Waals surface area contributed by atoms with Gasteiger partial charge in [-0.1, -0.05) is 30.7 Å². The van der Waals surface area contributed by atoms with Gasteiger partial charge in [0, 0.05) is 24.2 Å². The molecule has 1 aromatic carbocycles. The standard InChI is InChI=1S/C23H25ClFN3O2/c1-13-9-22(6-5-19(13)29-2)10-15-4-3-14(17-8-16(24)11-27-20(17)25)7-18(15)23(22)12-30-21(26)28-23/h3-4,7-8,11,13,19H,5-6,9-10,12H2,1-2H3,(H2,26,28)/t13-,19-,22-,23-/m1/s1/i2D3,12D2. The molecular formula is C23H25ClFN3O2. The molecule has 0 saturated heterocycles. The maximum Gasteiger partial charge on any atom is 0.283 e. The summed E-state index contributed by atoms with van der Waals surface area (Å²) in [6, 6.07) is 6.54. The number of nitrogens with two attached hydrogens (primary N) is 1. The predicted molar refractivity (Wildman–Crippen MR) is 114 cm³/mol. The number of hydrogen-bond acceptors (Lipinski definition) is 5. The Morgan fingerprint density at radius 1 is 1.43 bits per heavy atom. The molecular weight excluding hydrogens is 405 g/mol. The van der Waals surface area contributed by atoms with Crippen LogP contribution in [0.15, 0.2) is 35.5 Å². The first-order valence-electron chi connectivity index (χ1n) is 12.4. The molecule has 5 rings (SSSR count). The molecule has 4 atom stereocenters. The number of aliphatic imine (C=N–C) groups is 1. The van der Waals surface area contributed by atoms with E-state index in [0.717, 1.165) is 5.56 Å². The second kappa shape index (κ2) is 6.92. The minimum atomic E-state index is -2.52. The summed E-state index contributed by atoms with van der Waals surface area (Å²) in [7, 11) is -2.52. The number of halogens is 2. The minimum Gasteiger partial charge on any atom is -0.462 e. The van der Waals surface area contributed by atoms with Gasteiger partial charge in [0.25, 0.3) is 6.02 Å². The molecule has 7 heteroatoms. The van der Waals surface area contributed by atoms with Gasteiger partial charge in [-0.2, -0.15) is 4.39 Å². The summed E-state index contributed by atoms with van der Waals surface area (Å²) in [5, 5.41) is 0.274. The minimum absolute atomic E-state index is 0.183. The summed E-state index contributed by atoms with van der Waals surface area (Å²) in [6.07, 6.45) is 2.54. The number of aromatic nitrogens is 1. The van der Waals surface area contributed by atoms with Crippen molar-refractivity contribution >= 4 is 17.6 Å². The van der Waals surface area contributed by atoms with E-state index in [1.807, 2.05) is 13.0 Å². The molecule has 3 aliphatic rings. The highest BCUT2D eigenvalue weighted by molar-refractivity contribution is 6.30. The SMILES string of the molecule is [2H]C([2H])([2H])O[C@@H]1CC[C@]2(Cc3ccc(-c4cc(Cl)cnc4F)cc3[C@@]23N=C(N)OC3([2H])[2H])C[C@H]1C. The lowest BCUT2D eigenvalue weighted by Gasteiger charge is -2.47. The van der Waals surface area contributed by atoms with Gasteiger partial charge < -0.3 is 15.2 Å². The third kappa shape index (κ3) is 2.77. The van der Waals surface area contributed by atoms with E-state index in [9.17, 15) is 4.39 Å². The molecule has 2 N–H and O–H groups in total. The summed E-state index contributed by atoms with van der Waals surface area (Å²) < 4.78 is 65.6. The van der Waals surface area contributed by atoms with Crippen molar-refractivity contribution in [3.63, 3.8) is 0 Å². The van der Waals surface area contributed by atoms with Gasteiger partial charge in [-0.05, 0) is 60.4 Å². The Bertz CT molecular complexity index is 1230. The molecule has 1 aliphatic heterocycles. The van der Waals surface area contributed by atoms with E-state index in [0.29, 0.717) is 36.8 Å². The number of ether oxygens (including phenoxy) is 2. The first kappa shape index (κ1) is 14.8. The lowest BCUT2D eigenvalue weighted by atomic mass is 9.59. The Kier molecular flexibility index (Phi) is 3.41. The zero-order valence-electron chi connectivity index (χ0n) is 21.4. The van der Waals surface area contributed by atoms with Crippen molar-refractivity contribution in [1.82, 2.24) is 4.98 Å². The van der Waals surface area contributed by atoms with Crippen LogP contribution in [0.1, 0.15) is 44.2 Å². The van der Waals surface area contributed by atoms with E-state index in [1.54, 1.807) is 12.1 Å². The molecule has 1 fully saturated rings. The summed E-state index contributed by atoms with van der Waals surface area (Å²) in [4.78, 5) is 8.31. The number of methoxy groups -OCH3 is 1. The molecule has 30 heavy (non-hydrogen) atoms. The number of benzene rings is 1. The van der Waals surface area contributed by atoms with E-state index >= 15 is 0 Å². The number of rotatable bonds is 2. The molecule has 0 radical (unpaired) electrons. The first-order valence-corrected chi connectivity index (χ1v) is 10.3. The quantitative estimate of drug-likeness (QED) is 0.708. The van der Waals surface area contributed by atoms with Crippen LogP contribution in [0.25, 0.3) is 11.1 Å². The van der Waals surface area contributed by atoms with Crippen molar-refractivity contribution in [3.05, 3.63) is 52.6 Å². The maximum atomic E-state index is 14.6. The molecule has 5 nitrogen and oxygen atoms in total. The third-order valence-electron chi connectivity index (χ3n) is 6.90. The third-order valence-corrected chi connectivity index (χ3v) is 7.11. The van der Waals surface area contributed by atoms with Gasteiger partial charge in [0.1, 0.15) is 12.1 Å². The summed E-state index contributed by atoms with van der Waals surface area (Å²) in [6.45, 7) is -0.367. The number of pyridine rings is 1. The highest BCUT2D eigenvalue weighted by Crippen LogP contribution is 2.62. The monoisotopic (exact) mass is 434 g/mol. The van der Waals surface area contributed by atoms with Crippen LogP contribution in [0.4, 0.5) is 4.39 Å². The second-order valence-electron chi connectivity index (χ2n) is 8.56. The lowest BCUT2D eigenvalue weighted by Crippen LogP contribution is -2.48. The van der Waals surface area contributed by atoms with E-state index < -0.39 is 36.6 Å². The topological polar surface area (TPSA) is 69.7 Å². The van der Waals surface area contributed by atoms with Crippen LogP contribution in [-0.4, -0.2) is 30.7 Å². The predicted octanol–water partition coefficient (Wildman–Crippen LogP) is 4.46. The fourth-order valence-corrected chi connectivity index (χ4v) is 5.69. The van der Waals surface area contributed by atoms with Crippen LogP contribution in [0, 0.1) is 17.3 Å². The fraction of sp³-hybridized carbons (Fsp3) is 0.478. The van der Waals surface area contributed by atoms with Crippen LogP contribution in [-0.2, 0) is 21.4 Å². The van der Waals surface area contributed by atoms with Crippen molar-refractivity contribution in [2.75, 3.05) is 13.6 Å². The van der Waals surface area contributed by atoms with Crippen LogP contribution in [0.2, 0.25) is 5.02 Å². The van der Waals surface area contributed by atoms with Crippen molar-refractivity contribution in [1.29, 1.82) is 0 Å². The molecule has 2 spiro atoms. The molecule has 1 saturated carbocycles. The molecule has 0 amide bonds. The second-order valence-corrected chi connectivity index (χ2v) is 9.00. The lowest BCUT2D eigenvalue weighted by molar-refractivity contribution is -0.0445. The van der Waals surface area contributed by atoms with Crippen molar-refractivity contribution in [3.8, 4) is 11.1 Å². The summed E-state index contributed by atoms with van der Waals surface area (Å²) in [5.41, 5.74) is 5.83. The maximum absolute atomic E-state index is 14.6. The number of nitrogens with zero attached hydrogens (tertiary/aromatic N) is 2. The number of hydrogen-bond donors (Lipinski definition) is 1. The Morgan fingerprint density at radius 3 is 3.03 bits per heavy atom. The Labute approximate surface area is 187 Å². The highest BCUT2D eigenvalue weighted by atomic mass is 35.5. The van der Waals surface area contributed by atoms with Crippen molar-refractivity contribution < 1.29 is 20.7 Å². The highest BCUT2D eigenvalue weighted by Gasteiger charge is 2.62. The van der Waals surface area contributed by atoms with Gasteiger partial charge in [-0.3, -0.25) is 0 Å². The summed E-state index contributed by atoms with van der Waals surface area (Å²) in [5.74, 6) is -0.877. The number of amidine groups is 1. The fourth-order valence-electron chi connectivity index (χ4n) is 5.53. The van der Waals surface area contributed by atoms with Crippen LogP contribution < -0.4 is 5.73 Å². The molecule has 2 aliphatic carbocycles. The van der Waals surface area contributed by atoms with Gasteiger partial charge >= 0.3 is 0 Å². The van der Waals surface area contributed by atoms with Gasteiger partial charge in [-0.15, -0.1) is 0 Å². The molecule has 0 bridgehead atoms. The van der Waals surface area contributed by atoms with Crippen molar-refractivity contribution in [2.45, 2.75) is 44.2 Å². The number of fused-ring (bicyclic) bond motifs is 3. The molecule has 158 valence electrons. The van der Waals surface area contributed by atoms with Gasteiger partial charge in [0.05, 0.1) is 18.0 Å². The zero-order chi connectivity index (χ0) is 25.4. The Morgan fingerprint density at radius 2 is 2.30 bits per heavy atom. The molecule has 0 unspecified atom stereocenters.